The Morgan fingerprint density at radius 3 is 2.28 bits per heavy atom. The number of halogens is 2. The Bertz CT molecular complexity index is 1040. The van der Waals surface area contributed by atoms with Crippen molar-refractivity contribution in [3.05, 3.63) is 53.1 Å². The molecule has 0 bridgehead atoms. The van der Waals surface area contributed by atoms with Gasteiger partial charge in [-0.2, -0.15) is 5.26 Å². The molecule has 0 N–H and O–H groups in total. The maximum absolute atomic E-state index is 12.9. The van der Waals surface area contributed by atoms with Crippen LogP contribution in [-0.2, 0) is 17.9 Å². The number of carbonyl (C=O) groups excluding carboxylic acids is 1. The van der Waals surface area contributed by atoms with Gasteiger partial charge < -0.3 is 0 Å². The highest BCUT2D eigenvalue weighted by Gasteiger charge is 2.48. The Kier molecular flexibility index (Phi) is 4.30. The van der Waals surface area contributed by atoms with Crippen LogP contribution in [0.1, 0.15) is 16.7 Å². The Morgan fingerprint density at radius 2 is 1.76 bits per heavy atom. The second kappa shape index (κ2) is 5.94. The fourth-order valence-corrected chi connectivity index (χ4v) is 4.33. The first-order valence-electron chi connectivity index (χ1n) is 7.15. The number of hydrogen-bond acceptors (Lipinski definition) is 4. The molecule has 0 unspecified atom stereocenters. The van der Waals surface area contributed by atoms with Gasteiger partial charge in [0.2, 0.25) is 0 Å². The monoisotopic (exact) mass is 482 g/mol. The van der Waals surface area contributed by atoms with E-state index in [9.17, 15) is 18.5 Å². The van der Waals surface area contributed by atoms with Gasteiger partial charge in [0.05, 0.1) is 22.2 Å². The van der Waals surface area contributed by atoms with Crippen LogP contribution in [-0.4, -0.2) is 20.6 Å². The summed E-state index contributed by atoms with van der Waals surface area (Å²) < 4.78 is 22.1. The average molecular weight is 484 g/mol. The predicted octanol–water partition coefficient (Wildman–Crippen LogP) is 3.89. The number of fused-ring (bicyclic) bond motifs is 1. The van der Waals surface area contributed by atoms with E-state index in [0.29, 0.717) is 22.5 Å². The van der Waals surface area contributed by atoms with Crippen molar-refractivity contribution in [1.29, 1.82) is 5.26 Å². The highest BCUT2D eigenvalue weighted by atomic mass is 79.9. The van der Waals surface area contributed by atoms with Gasteiger partial charge in [0, 0.05) is 17.5 Å². The van der Waals surface area contributed by atoms with Gasteiger partial charge in [-0.15, -0.1) is 0 Å². The first-order valence-corrected chi connectivity index (χ1v) is 10.6. The SMILES string of the molecule is Cc1cc2c(cc1C#N)C(Br)(Br)C(=O)N2c1ccc(S(C)(=O)=O)cc1. The molecule has 25 heavy (non-hydrogen) atoms. The minimum atomic E-state index is -3.31. The minimum Gasteiger partial charge on any atom is -0.278 e. The van der Waals surface area contributed by atoms with Gasteiger partial charge in [0.1, 0.15) is 0 Å². The van der Waals surface area contributed by atoms with Crippen LogP contribution in [0.25, 0.3) is 0 Å². The zero-order valence-electron chi connectivity index (χ0n) is 13.2. The van der Waals surface area contributed by atoms with E-state index in [0.717, 1.165) is 11.8 Å². The number of nitriles is 1. The molecule has 2 aromatic rings. The number of aryl methyl sites for hydroxylation is 1. The average Bonchev–Trinajstić information content (AvgIpc) is 2.72. The minimum absolute atomic E-state index is 0.183. The molecule has 0 spiro atoms. The van der Waals surface area contributed by atoms with Crippen LogP contribution in [0.5, 0.6) is 0 Å². The largest absolute Gasteiger partial charge is 0.278 e. The van der Waals surface area contributed by atoms with Crippen molar-refractivity contribution in [3.8, 4) is 6.07 Å². The van der Waals surface area contributed by atoms with Crippen LogP contribution in [0, 0.1) is 18.3 Å². The molecule has 0 radical (unpaired) electrons. The van der Waals surface area contributed by atoms with E-state index in [-0.39, 0.29) is 10.8 Å². The molecule has 0 atom stereocenters. The van der Waals surface area contributed by atoms with Crippen molar-refractivity contribution in [1.82, 2.24) is 0 Å². The topological polar surface area (TPSA) is 78.2 Å². The summed E-state index contributed by atoms with van der Waals surface area (Å²) in [5.41, 5.74) is 3.06. The third kappa shape index (κ3) is 2.90. The molecular formula is C17H12Br2N2O3S. The van der Waals surface area contributed by atoms with E-state index in [1.807, 2.05) is 0 Å². The van der Waals surface area contributed by atoms with Crippen LogP contribution in [0.4, 0.5) is 11.4 Å². The number of rotatable bonds is 2. The summed E-state index contributed by atoms with van der Waals surface area (Å²) in [6.45, 7) is 1.80. The molecule has 3 rings (SSSR count). The van der Waals surface area contributed by atoms with Crippen LogP contribution in [0.3, 0.4) is 0 Å². The number of benzene rings is 2. The van der Waals surface area contributed by atoms with Crippen LogP contribution in [0.15, 0.2) is 41.3 Å². The van der Waals surface area contributed by atoms with Crippen molar-refractivity contribution in [2.24, 2.45) is 0 Å². The molecule has 0 saturated carbocycles. The molecule has 0 aromatic heterocycles. The van der Waals surface area contributed by atoms with E-state index >= 15 is 0 Å². The molecule has 1 amide bonds. The summed E-state index contributed by atoms with van der Waals surface area (Å²) >= 11 is 6.80. The van der Waals surface area contributed by atoms with Crippen molar-refractivity contribution < 1.29 is 13.2 Å². The summed E-state index contributed by atoms with van der Waals surface area (Å²) in [5, 5.41) is 9.24. The van der Waals surface area contributed by atoms with Crippen molar-refractivity contribution in [2.45, 2.75) is 15.1 Å². The van der Waals surface area contributed by atoms with Gasteiger partial charge >= 0.3 is 0 Å². The Labute approximate surface area is 162 Å². The van der Waals surface area contributed by atoms with E-state index in [4.69, 9.17) is 0 Å². The standard InChI is InChI=1S/C17H12Br2N2O3S/c1-10-7-15-14(8-11(10)9-20)17(18,19)16(22)21(15)12-3-5-13(6-4-12)25(2,23)24/h3-8H,1-2H3. The number of carbonyl (C=O) groups is 1. The Balaban J connectivity index is 2.18. The van der Waals surface area contributed by atoms with Crippen molar-refractivity contribution in [2.75, 3.05) is 11.2 Å². The van der Waals surface area contributed by atoms with Crippen LogP contribution >= 0.6 is 31.9 Å². The number of nitrogens with zero attached hydrogens (tertiary/aromatic N) is 2. The van der Waals surface area contributed by atoms with Crippen molar-refractivity contribution in [3.63, 3.8) is 0 Å². The molecule has 0 saturated heterocycles. The van der Waals surface area contributed by atoms with Gasteiger partial charge in [-0.05, 0) is 48.9 Å². The molecule has 1 heterocycles. The van der Waals surface area contributed by atoms with Crippen molar-refractivity contribution >= 4 is 59.0 Å². The lowest BCUT2D eigenvalue weighted by molar-refractivity contribution is -0.117. The van der Waals surface area contributed by atoms with Crippen LogP contribution in [0.2, 0.25) is 0 Å². The third-order valence-electron chi connectivity index (χ3n) is 4.04. The molecule has 0 aliphatic carbocycles. The quantitative estimate of drug-likeness (QED) is 0.607. The maximum Gasteiger partial charge on any atom is 0.263 e. The van der Waals surface area contributed by atoms with Gasteiger partial charge in [-0.25, -0.2) is 8.42 Å². The summed E-state index contributed by atoms with van der Waals surface area (Å²) in [6.07, 6.45) is 1.13. The lowest BCUT2D eigenvalue weighted by atomic mass is 10.0. The van der Waals surface area contributed by atoms with Crippen LogP contribution < -0.4 is 4.90 Å². The van der Waals surface area contributed by atoms with E-state index in [2.05, 4.69) is 37.9 Å². The fraction of sp³-hybridized carbons (Fsp3) is 0.176. The van der Waals surface area contributed by atoms with Gasteiger partial charge in [-0.1, -0.05) is 31.9 Å². The number of amides is 1. The Hall–Kier alpha value is -1.69. The number of anilines is 2. The lowest BCUT2D eigenvalue weighted by Crippen LogP contribution is -2.28. The van der Waals surface area contributed by atoms with Gasteiger partial charge in [-0.3, -0.25) is 9.69 Å². The summed E-state index contributed by atoms with van der Waals surface area (Å²) in [6, 6.07) is 11.7. The molecule has 1 aliphatic rings. The first-order chi connectivity index (χ1) is 11.6. The molecule has 8 heteroatoms. The van der Waals surface area contributed by atoms with E-state index in [1.165, 1.54) is 17.0 Å². The van der Waals surface area contributed by atoms with E-state index in [1.54, 1.807) is 31.2 Å². The first kappa shape index (κ1) is 18.1. The van der Waals surface area contributed by atoms with E-state index < -0.39 is 13.1 Å². The number of sulfone groups is 1. The smallest absolute Gasteiger partial charge is 0.263 e. The molecule has 5 nitrogen and oxygen atoms in total. The molecule has 2 aromatic carbocycles. The number of hydrogen-bond donors (Lipinski definition) is 0. The zero-order valence-corrected chi connectivity index (χ0v) is 17.2. The predicted molar refractivity (Wildman–Crippen MR) is 102 cm³/mol. The Morgan fingerprint density at radius 1 is 1.16 bits per heavy atom. The second-order valence-corrected chi connectivity index (χ2v) is 11.2. The highest BCUT2D eigenvalue weighted by Crippen LogP contribution is 2.53. The summed E-state index contributed by atoms with van der Waals surface area (Å²) in [5.74, 6) is -0.274. The van der Waals surface area contributed by atoms with Gasteiger partial charge in [0.15, 0.2) is 13.1 Å². The molecular weight excluding hydrogens is 472 g/mol. The number of alkyl halides is 2. The fourth-order valence-electron chi connectivity index (χ4n) is 2.71. The normalized spacial score (nSPS) is 15.8. The molecule has 1 aliphatic heterocycles. The summed E-state index contributed by atoms with van der Waals surface area (Å²) in [4.78, 5) is 14.6. The summed E-state index contributed by atoms with van der Waals surface area (Å²) in [7, 11) is -3.31. The highest BCUT2D eigenvalue weighted by molar-refractivity contribution is 9.25. The maximum atomic E-state index is 12.9. The third-order valence-corrected chi connectivity index (χ3v) is 6.70. The second-order valence-electron chi connectivity index (χ2n) is 5.78. The van der Waals surface area contributed by atoms with Gasteiger partial charge in [0.25, 0.3) is 5.91 Å². The lowest BCUT2D eigenvalue weighted by Gasteiger charge is -2.19. The zero-order chi connectivity index (χ0) is 18.6. The molecule has 0 fully saturated rings. The molecule has 128 valence electrons.